The topological polar surface area (TPSA) is 13.1 Å². The van der Waals surface area contributed by atoms with Crippen LogP contribution < -0.4 is 0 Å². The summed E-state index contributed by atoms with van der Waals surface area (Å²) >= 11 is 0. The molecule has 9 aromatic carbocycles. The van der Waals surface area contributed by atoms with E-state index in [4.69, 9.17) is 4.42 Å². The first-order chi connectivity index (χ1) is 25.5. The standard InChI is InChI=1S/C51H34O/c1-51(2)45-21-10-9-15-36(45)43-29-44-37-27-26-34(28-47(37)52-48(44)30-46(43)51)31-22-24-33(25-23-31)49-39-16-5-7-18-41(39)50(42-19-8-6-17-40(42)49)38-20-11-13-32-12-3-4-14-35(32)38/h3-30H,1-2H3. The molecule has 0 amide bonds. The zero-order valence-electron chi connectivity index (χ0n) is 29.1. The average molecular weight is 663 g/mol. The summed E-state index contributed by atoms with van der Waals surface area (Å²) in [5, 5.41) is 9.92. The van der Waals surface area contributed by atoms with Crippen molar-refractivity contribution in [2.45, 2.75) is 19.3 Å². The van der Waals surface area contributed by atoms with E-state index >= 15 is 0 Å². The third-order valence-electron chi connectivity index (χ3n) is 11.7. The molecular weight excluding hydrogens is 629 g/mol. The van der Waals surface area contributed by atoms with E-state index in [1.54, 1.807) is 0 Å². The van der Waals surface area contributed by atoms with Crippen molar-refractivity contribution in [1.29, 1.82) is 0 Å². The van der Waals surface area contributed by atoms with Crippen molar-refractivity contribution in [1.82, 2.24) is 0 Å². The third-order valence-corrected chi connectivity index (χ3v) is 11.7. The summed E-state index contributed by atoms with van der Waals surface area (Å²) < 4.78 is 6.60. The molecule has 52 heavy (non-hydrogen) atoms. The number of hydrogen-bond donors (Lipinski definition) is 0. The van der Waals surface area contributed by atoms with E-state index < -0.39 is 0 Å². The number of fused-ring (bicyclic) bond motifs is 9. The van der Waals surface area contributed by atoms with E-state index in [9.17, 15) is 0 Å². The average Bonchev–Trinajstić information content (AvgIpc) is 3.66. The van der Waals surface area contributed by atoms with Gasteiger partial charge in [0.05, 0.1) is 0 Å². The van der Waals surface area contributed by atoms with Crippen LogP contribution in [-0.4, -0.2) is 0 Å². The Balaban J connectivity index is 1.03. The Morgan fingerprint density at radius 3 is 1.65 bits per heavy atom. The highest BCUT2D eigenvalue weighted by molar-refractivity contribution is 6.23. The number of rotatable bonds is 3. The molecule has 1 aromatic heterocycles. The highest BCUT2D eigenvalue weighted by Crippen LogP contribution is 2.51. The van der Waals surface area contributed by atoms with Gasteiger partial charge in [0.25, 0.3) is 0 Å². The van der Waals surface area contributed by atoms with Gasteiger partial charge in [0.15, 0.2) is 0 Å². The zero-order valence-corrected chi connectivity index (χ0v) is 29.1. The van der Waals surface area contributed by atoms with Crippen molar-refractivity contribution in [3.05, 3.63) is 181 Å². The lowest BCUT2D eigenvalue weighted by molar-refractivity contribution is 0.647. The van der Waals surface area contributed by atoms with Crippen LogP contribution in [0.15, 0.2) is 174 Å². The van der Waals surface area contributed by atoms with Gasteiger partial charge in [-0.25, -0.2) is 0 Å². The molecule has 1 heteroatoms. The van der Waals surface area contributed by atoms with Crippen molar-refractivity contribution in [3.63, 3.8) is 0 Å². The van der Waals surface area contributed by atoms with Crippen LogP contribution in [0.1, 0.15) is 25.0 Å². The maximum atomic E-state index is 6.60. The van der Waals surface area contributed by atoms with Gasteiger partial charge in [-0.1, -0.05) is 159 Å². The molecule has 0 atom stereocenters. The fraction of sp³-hybridized carbons (Fsp3) is 0.0588. The fourth-order valence-electron chi connectivity index (χ4n) is 9.15. The second kappa shape index (κ2) is 10.8. The molecule has 0 saturated carbocycles. The Labute approximate surface area is 302 Å². The Bertz CT molecular complexity index is 3020. The highest BCUT2D eigenvalue weighted by atomic mass is 16.3. The second-order valence-corrected chi connectivity index (χ2v) is 14.8. The predicted molar refractivity (Wildman–Crippen MR) is 220 cm³/mol. The molecule has 11 rings (SSSR count). The molecule has 0 bridgehead atoms. The minimum absolute atomic E-state index is 0.0567. The Morgan fingerprint density at radius 2 is 0.904 bits per heavy atom. The van der Waals surface area contributed by atoms with Crippen molar-refractivity contribution >= 4 is 54.3 Å². The van der Waals surface area contributed by atoms with E-state index in [-0.39, 0.29) is 5.41 Å². The predicted octanol–water partition coefficient (Wildman–Crippen LogP) is 14.4. The van der Waals surface area contributed by atoms with Crippen LogP contribution in [0.25, 0.3) is 98.8 Å². The molecular formula is C51H34O. The van der Waals surface area contributed by atoms with Crippen LogP contribution >= 0.6 is 0 Å². The molecule has 0 fully saturated rings. The van der Waals surface area contributed by atoms with Gasteiger partial charge >= 0.3 is 0 Å². The molecule has 1 aliphatic rings. The van der Waals surface area contributed by atoms with Gasteiger partial charge in [0, 0.05) is 16.2 Å². The summed E-state index contributed by atoms with van der Waals surface area (Å²) in [5.74, 6) is 0. The molecule has 1 heterocycles. The van der Waals surface area contributed by atoms with Gasteiger partial charge in [-0.05, 0) is 112 Å². The minimum Gasteiger partial charge on any atom is -0.456 e. The zero-order chi connectivity index (χ0) is 34.6. The van der Waals surface area contributed by atoms with Gasteiger partial charge in [0.1, 0.15) is 11.2 Å². The van der Waals surface area contributed by atoms with Crippen LogP contribution in [0.3, 0.4) is 0 Å². The smallest absolute Gasteiger partial charge is 0.136 e. The second-order valence-electron chi connectivity index (χ2n) is 14.8. The molecule has 0 unspecified atom stereocenters. The quantitative estimate of drug-likeness (QED) is 0.172. The lowest BCUT2D eigenvalue weighted by atomic mass is 9.82. The molecule has 0 aliphatic heterocycles. The first-order valence-corrected chi connectivity index (χ1v) is 18.2. The third kappa shape index (κ3) is 4.11. The SMILES string of the molecule is CC1(C)c2ccccc2-c2cc3c(cc21)oc1cc(-c2ccc(-c4c5ccccc5c(-c5cccc6ccccc56)c5ccccc45)cc2)ccc13. The van der Waals surface area contributed by atoms with Crippen LogP contribution in [0.4, 0.5) is 0 Å². The maximum absolute atomic E-state index is 6.60. The monoisotopic (exact) mass is 662 g/mol. The fourth-order valence-corrected chi connectivity index (χ4v) is 9.15. The Hall–Kier alpha value is -6.44. The van der Waals surface area contributed by atoms with Crippen LogP contribution in [-0.2, 0) is 5.41 Å². The van der Waals surface area contributed by atoms with E-state index in [1.165, 1.54) is 87.8 Å². The largest absolute Gasteiger partial charge is 0.456 e. The van der Waals surface area contributed by atoms with E-state index in [0.29, 0.717) is 0 Å². The summed E-state index contributed by atoms with van der Waals surface area (Å²) in [6, 6.07) is 62.4. The molecule has 1 aliphatic carbocycles. The first kappa shape index (κ1) is 29.3. The molecule has 0 saturated heterocycles. The van der Waals surface area contributed by atoms with Gasteiger partial charge < -0.3 is 4.42 Å². The Morgan fingerprint density at radius 1 is 0.346 bits per heavy atom. The molecule has 0 radical (unpaired) electrons. The van der Waals surface area contributed by atoms with E-state index in [0.717, 1.165) is 22.1 Å². The number of furan rings is 1. The summed E-state index contributed by atoms with van der Waals surface area (Å²) in [6.45, 7) is 4.64. The lowest BCUT2D eigenvalue weighted by Crippen LogP contribution is -2.14. The normalized spacial score (nSPS) is 13.3. The van der Waals surface area contributed by atoms with Crippen molar-refractivity contribution in [2.75, 3.05) is 0 Å². The first-order valence-electron chi connectivity index (χ1n) is 18.2. The summed E-state index contributed by atoms with van der Waals surface area (Å²) in [4.78, 5) is 0. The molecule has 0 spiro atoms. The Kier molecular flexibility index (Phi) is 6.08. The number of hydrogen-bond acceptors (Lipinski definition) is 1. The molecule has 0 N–H and O–H groups in total. The van der Waals surface area contributed by atoms with Crippen LogP contribution in [0.5, 0.6) is 0 Å². The van der Waals surface area contributed by atoms with Gasteiger partial charge in [0.2, 0.25) is 0 Å². The summed E-state index contributed by atoms with van der Waals surface area (Å²) in [7, 11) is 0. The maximum Gasteiger partial charge on any atom is 0.136 e. The lowest BCUT2D eigenvalue weighted by Gasteiger charge is -2.21. The minimum atomic E-state index is -0.0567. The van der Waals surface area contributed by atoms with Crippen LogP contribution in [0.2, 0.25) is 0 Å². The molecule has 10 aromatic rings. The molecule has 244 valence electrons. The van der Waals surface area contributed by atoms with E-state index in [1.807, 2.05) is 0 Å². The van der Waals surface area contributed by atoms with Gasteiger partial charge in [-0.2, -0.15) is 0 Å². The van der Waals surface area contributed by atoms with Crippen LogP contribution in [0, 0.1) is 0 Å². The van der Waals surface area contributed by atoms with Crippen molar-refractivity contribution < 1.29 is 4.42 Å². The van der Waals surface area contributed by atoms with Crippen molar-refractivity contribution in [2.24, 2.45) is 0 Å². The van der Waals surface area contributed by atoms with Gasteiger partial charge in [-0.15, -0.1) is 0 Å². The number of benzene rings is 9. The van der Waals surface area contributed by atoms with Crippen molar-refractivity contribution in [3.8, 4) is 44.5 Å². The summed E-state index contributed by atoms with van der Waals surface area (Å²) in [6.07, 6.45) is 0. The molecule has 1 nitrogen and oxygen atoms in total. The summed E-state index contributed by atoms with van der Waals surface area (Å²) in [5.41, 5.74) is 14.6. The highest BCUT2D eigenvalue weighted by Gasteiger charge is 2.36. The van der Waals surface area contributed by atoms with E-state index in [2.05, 4.69) is 184 Å². The van der Waals surface area contributed by atoms with Gasteiger partial charge in [-0.3, -0.25) is 0 Å².